The predicted octanol–water partition coefficient (Wildman–Crippen LogP) is 3.56. The van der Waals surface area contributed by atoms with Crippen LogP contribution in [0.3, 0.4) is 0 Å². The zero-order valence-electron chi connectivity index (χ0n) is 16.4. The average molecular weight is 405 g/mol. The van der Waals surface area contributed by atoms with E-state index < -0.39 is 23.9 Å². The molecule has 0 spiro atoms. The molecule has 3 aromatic rings. The first kappa shape index (κ1) is 19.4. The Hall–Kier alpha value is -3.94. The number of nitrogens with zero attached hydrogens (tertiary/aromatic N) is 2. The molecule has 1 aliphatic heterocycles. The van der Waals surface area contributed by atoms with Gasteiger partial charge in [0.2, 0.25) is 0 Å². The van der Waals surface area contributed by atoms with Gasteiger partial charge in [-0.25, -0.2) is 4.79 Å². The molecule has 4 rings (SSSR count). The SMILES string of the molecule is Cc1noc(C)c1-c1ccc(C(CN2C(=O)c3ccccc3C2=O)NC(=O)O)cc1. The first-order chi connectivity index (χ1) is 14.4. The summed E-state index contributed by atoms with van der Waals surface area (Å²) in [6, 6.07) is 13.0. The van der Waals surface area contributed by atoms with Crippen LogP contribution in [0.5, 0.6) is 0 Å². The molecule has 1 aliphatic rings. The molecule has 1 aromatic heterocycles. The second-order valence-corrected chi connectivity index (χ2v) is 7.09. The highest BCUT2D eigenvalue weighted by Gasteiger charge is 2.37. The van der Waals surface area contributed by atoms with Crippen molar-refractivity contribution < 1.29 is 24.0 Å². The lowest BCUT2D eigenvalue weighted by Crippen LogP contribution is -2.40. The summed E-state index contributed by atoms with van der Waals surface area (Å²) in [6.45, 7) is 3.56. The van der Waals surface area contributed by atoms with E-state index in [1.54, 1.807) is 36.4 Å². The molecule has 30 heavy (non-hydrogen) atoms. The quantitative estimate of drug-likeness (QED) is 0.628. The van der Waals surface area contributed by atoms with Gasteiger partial charge in [-0.05, 0) is 37.1 Å². The van der Waals surface area contributed by atoms with E-state index in [0.717, 1.165) is 21.7 Å². The van der Waals surface area contributed by atoms with Crippen molar-refractivity contribution in [2.75, 3.05) is 6.54 Å². The number of aromatic nitrogens is 1. The second-order valence-electron chi connectivity index (χ2n) is 7.09. The van der Waals surface area contributed by atoms with Gasteiger partial charge in [0.1, 0.15) is 5.76 Å². The highest BCUT2D eigenvalue weighted by atomic mass is 16.5. The van der Waals surface area contributed by atoms with Crippen LogP contribution in [-0.4, -0.2) is 39.6 Å². The van der Waals surface area contributed by atoms with E-state index in [9.17, 15) is 19.5 Å². The van der Waals surface area contributed by atoms with Crippen LogP contribution in [0.4, 0.5) is 4.79 Å². The van der Waals surface area contributed by atoms with Gasteiger partial charge in [-0.1, -0.05) is 41.6 Å². The van der Waals surface area contributed by atoms with E-state index in [1.807, 2.05) is 26.0 Å². The Labute approximate surface area is 172 Å². The molecule has 0 saturated carbocycles. The molecule has 2 aromatic carbocycles. The molecule has 0 fully saturated rings. The molecule has 152 valence electrons. The summed E-state index contributed by atoms with van der Waals surface area (Å²) in [5, 5.41) is 15.6. The van der Waals surface area contributed by atoms with E-state index in [4.69, 9.17) is 4.52 Å². The lowest BCUT2D eigenvalue weighted by Gasteiger charge is -2.23. The van der Waals surface area contributed by atoms with Gasteiger partial charge in [-0.15, -0.1) is 0 Å². The third-order valence-electron chi connectivity index (χ3n) is 5.18. The predicted molar refractivity (Wildman–Crippen MR) is 107 cm³/mol. The lowest BCUT2D eigenvalue weighted by molar-refractivity contribution is 0.0636. The van der Waals surface area contributed by atoms with Crippen molar-refractivity contribution in [3.63, 3.8) is 0 Å². The first-order valence-corrected chi connectivity index (χ1v) is 9.34. The van der Waals surface area contributed by atoms with Crippen LogP contribution in [0.1, 0.15) is 43.8 Å². The fourth-order valence-corrected chi connectivity index (χ4v) is 3.75. The van der Waals surface area contributed by atoms with Gasteiger partial charge in [-0.3, -0.25) is 14.5 Å². The van der Waals surface area contributed by atoms with Crippen LogP contribution in [0.25, 0.3) is 11.1 Å². The molecular weight excluding hydrogens is 386 g/mol. The van der Waals surface area contributed by atoms with Crippen LogP contribution < -0.4 is 5.32 Å². The van der Waals surface area contributed by atoms with Crippen LogP contribution in [0.2, 0.25) is 0 Å². The molecular formula is C22H19N3O5. The standard InChI is InChI=1S/C22H19N3O5/c1-12-19(13(2)30-24-12)15-9-7-14(8-10-15)18(23-22(28)29)11-25-20(26)16-5-3-4-6-17(16)21(25)27/h3-10,18,23H,11H2,1-2H3,(H,28,29). The number of hydrogen-bond acceptors (Lipinski definition) is 5. The van der Waals surface area contributed by atoms with Crippen molar-refractivity contribution in [1.82, 2.24) is 15.4 Å². The number of fused-ring (bicyclic) bond motifs is 1. The number of hydrogen-bond donors (Lipinski definition) is 2. The topological polar surface area (TPSA) is 113 Å². The molecule has 1 unspecified atom stereocenters. The number of amides is 3. The van der Waals surface area contributed by atoms with Crippen LogP contribution in [0.15, 0.2) is 53.1 Å². The first-order valence-electron chi connectivity index (χ1n) is 9.34. The summed E-state index contributed by atoms with van der Waals surface area (Å²) >= 11 is 0. The van der Waals surface area contributed by atoms with Gasteiger partial charge in [0.15, 0.2) is 0 Å². The van der Waals surface area contributed by atoms with E-state index in [1.165, 1.54) is 0 Å². The Morgan fingerprint density at radius 2 is 1.67 bits per heavy atom. The van der Waals surface area contributed by atoms with E-state index in [-0.39, 0.29) is 6.54 Å². The van der Waals surface area contributed by atoms with Gasteiger partial charge in [0, 0.05) is 5.56 Å². The molecule has 3 amide bonds. The van der Waals surface area contributed by atoms with Gasteiger partial charge < -0.3 is 14.9 Å². The summed E-state index contributed by atoms with van der Waals surface area (Å²) in [7, 11) is 0. The monoisotopic (exact) mass is 405 g/mol. The largest absolute Gasteiger partial charge is 0.465 e. The minimum absolute atomic E-state index is 0.108. The summed E-state index contributed by atoms with van der Waals surface area (Å²) < 4.78 is 5.20. The maximum Gasteiger partial charge on any atom is 0.405 e. The summed E-state index contributed by atoms with van der Waals surface area (Å²) in [5.74, 6) is -0.174. The normalized spacial score (nSPS) is 14.0. The Morgan fingerprint density at radius 1 is 1.07 bits per heavy atom. The molecule has 0 saturated heterocycles. The zero-order chi connectivity index (χ0) is 21.4. The smallest absolute Gasteiger partial charge is 0.405 e. The van der Waals surface area contributed by atoms with Crippen molar-refractivity contribution in [3.05, 3.63) is 76.7 Å². The van der Waals surface area contributed by atoms with Crippen LogP contribution in [0, 0.1) is 13.8 Å². The molecule has 8 heteroatoms. The molecule has 2 heterocycles. The van der Waals surface area contributed by atoms with Gasteiger partial charge in [-0.2, -0.15) is 0 Å². The Balaban J connectivity index is 1.62. The molecule has 0 bridgehead atoms. The van der Waals surface area contributed by atoms with Gasteiger partial charge >= 0.3 is 6.09 Å². The van der Waals surface area contributed by atoms with Crippen LogP contribution in [-0.2, 0) is 0 Å². The number of carbonyl (C=O) groups is 3. The Kier molecular flexibility index (Phi) is 4.83. The number of nitrogens with one attached hydrogen (secondary N) is 1. The Morgan fingerprint density at radius 3 is 2.17 bits per heavy atom. The number of carbonyl (C=O) groups excluding carboxylic acids is 2. The van der Waals surface area contributed by atoms with Gasteiger partial charge in [0.25, 0.3) is 11.8 Å². The average Bonchev–Trinajstić information content (AvgIpc) is 3.19. The van der Waals surface area contributed by atoms with E-state index in [0.29, 0.717) is 22.5 Å². The minimum atomic E-state index is -1.24. The van der Waals surface area contributed by atoms with Crippen molar-refractivity contribution in [1.29, 1.82) is 0 Å². The van der Waals surface area contributed by atoms with Crippen LogP contribution >= 0.6 is 0 Å². The van der Waals surface area contributed by atoms with Crippen molar-refractivity contribution >= 4 is 17.9 Å². The highest BCUT2D eigenvalue weighted by molar-refractivity contribution is 6.21. The number of carboxylic acid groups (broad SMARTS) is 1. The lowest BCUT2D eigenvalue weighted by atomic mass is 9.99. The zero-order valence-corrected chi connectivity index (χ0v) is 16.4. The third kappa shape index (κ3) is 3.32. The van der Waals surface area contributed by atoms with Gasteiger partial charge in [0.05, 0.1) is 29.4 Å². The molecule has 0 radical (unpaired) electrons. The summed E-state index contributed by atoms with van der Waals surface area (Å²) in [4.78, 5) is 37.8. The maximum absolute atomic E-state index is 12.7. The molecule has 2 N–H and O–H groups in total. The van der Waals surface area contributed by atoms with E-state index in [2.05, 4.69) is 10.5 Å². The summed E-state index contributed by atoms with van der Waals surface area (Å²) in [5.41, 5.74) is 3.79. The van der Waals surface area contributed by atoms with Crippen molar-refractivity contribution in [2.24, 2.45) is 0 Å². The number of rotatable bonds is 5. The number of aryl methyl sites for hydroxylation is 2. The number of imide groups is 1. The van der Waals surface area contributed by atoms with Crippen molar-refractivity contribution in [3.8, 4) is 11.1 Å². The maximum atomic E-state index is 12.7. The molecule has 1 atom stereocenters. The Bertz CT molecular complexity index is 1100. The number of benzene rings is 2. The molecule has 0 aliphatic carbocycles. The molecule has 8 nitrogen and oxygen atoms in total. The fourth-order valence-electron chi connectivity index (χ4n) is 3.75. The fraction of sp³-hybridized carbons (Fsp3) is 0.182. The third-order valence-corrected chi connectivity index (χ3v) is 5.18. The van der Waals surface area contributed by atoms with E-state index >= 15 is 0 Å². The summed E-state index contributed by atoms with van der Waals surface area (Å²) in [6.07, 6.45) is -1.24. The minimum Gasteiger partial charge on any atom is -0.465 e. The highest BCUT2D eigenvalue weighted by Crippen LogP contribution is 2.29. The second kappa shape index (κ2) is 7.47. The van der Waals surface area contributed by atoms with Crippen molar-refractivity contribution in [2.45, 2.75) is 19.9 Å².